The maximum Gasteiger partial charge on any atom is 0.228 e. The van der Waals surface area contributed by atoms with Gasteiger partial charge in [0.15, 0.2) is 11.5 Å². The van der Waals surface area contributed by atoms with Crippen molar-refractivity contribution < 1.29 is 23.7 Å². The van der Waals surface area contributed by atoms with Crippen LogP contribution in [0.15, 0.2) is 36.4 Å². The van der Waals surface area contributed by atoms with Gasteiger partial charge in [-0.15, -0.1) is 0 Å². The molecule has 0 atom stereocenters. The van der Waals surface area contributed by atoms with Crippen molar-refractivity contribution in [3.05, 3.63) is 42.0 Å². The van der Waals surface area contributed by atoms with Crippen molar-refractivity contribution in [2.45, 2.75) is 6.42 Å². The Morgan fingerprint density at radius 1 is 0.964 bits per heavy atom. The highest BCUT2D eigenvalue weighted by Gasteiger charge is 2.18. The fourth-order valence-corrected chi connectivity index (χ4v) is 3.26. The normalized spacial score (nSPS) is 13.8. The van der Waals surface area contributed by atoms with Crippen LogP contribution in [0.2, 0.25) is 0 Å². The van der Waals surface area contributed by atoms with E-state index in [1.807, 2.05) is 24.3 Å². The predicted octanol–water partition coefficient (Wildman–Crippen LogP) is 2.73. The van der Waals surface area contributed by atoms with E-state index in [4.69, 9.17) is 18.9 Å². The highest BCUT2D eigenvalue weighted by molar-refractivity contribution is 5.93. The Morgan fingerprint density at radius 2 is 1.64 bits per heavy atom. The molecule has 2 aromatic carbocycles. The highest BCUT2D eigenvalue weighted by atomic mass is 16.5. The maximum absolute atomic E-state index is 12.5. The van der Waals surface area contributed by atoms with Gasteiger partial charge in [-0.2, -0.15) is 0 Å². The Morgan fingerprint density at radius 3 is 2.25 bits per heavy atom. The van der Waals surface area contributed by atoms with Crippen LogP contribution in [0, 0.1) is 0 Å². The Balaban J connectivity index is 1.67. The molecule has 0 bridgehead atoms. The molecule has 1 fully saturated rings. The van der Waals surface area contributed by atoms with Crippen LogP contribution in [0.3, 0.4) is 0 Å². The zero-order chi connectivity index (χ0) is 19.9. The molecule has 150 valence electrons. The second-order valence-corrected chi connectivity index (χ2v) is 6.36. The number of carbonyl (C=O) groups excluding carboxylic acids is 1. The number of carbonyl (C=O) groups is 1. The van der Waals surface area contributed by atoms with Crippen molar-refractivity contribution in [3.63, 3.8) is 0 Å². The molecule has 1 N–H and O–H groups in total. The minimum absolute atomic E-state index is 0.135. The first-order chi connectivity index (χ1) is 13.7. The molecule has 1 saturated heterocycles. The van der Waals surface area contributed by atoms with Crippen molar-refractivity contribution in [3.8, 4) is 17.2 Å². The summed E-state index contributed by atoms with van der Waals surface area (Å²) in [4.78, 5) is 14.8. The van der Waals surface area contributed by atoms with E-state index in [-0.39, 0.29) is 12.3 Å². The number of nitrogens with zero attached hydrogens (tertiary/aromatic N) is 1. The van der Waals surface area contributed by atoms with Crippen LogP contribution in [-0.4, -0.2) is 53.5 Å². The van der Waals surface area contributed by atoms with Gasteiger partial charge in [0.2, 0.25) is 11.7 Å². The number of ether oxygens (including phenoxy) is 4. The lowest BCUT2D eigenvalue weighted by Gasteiger charge is -2.28. The molecule has 0 aromatic heterocycles. The van der Waals surface area contributed by atoms with Gasteiger partial charge in [0, 0.05) is 30.0 Å². The average molecular weight is 386 g/mol. The molecule has 0 unspecified atom stereocenters. The van der Waals surface area contributed by atoms with Gasteiger partial charge in [-0.25, -0.2) is 0 Å². The molecular weight excluding hydrogens is 360 g/mol. The van der Waals surface area contributed by atoms with E-state index in [2.05, 4.69) is 10.2 Å². The SMILES string of the molecule is COc1ccc(CC(=O)Nc2ccc(N3CCOCC3)cc2)c(OC)c1OC. The molecule has 2 aromatic rings. The molecule has 7 nitrogen and oxygen atoms in total. The molecule has 1 heterocycles. The lowest BCUT2D eigenvalue weighted by Crippen LogP contribution is -2.36. The van der Waals surface area contributed by atoms with E-state index >= 15 is 0 Å². The number of methoxy groups -OCH3 is 3. The van der Waals surface area contributed by atoms with E-state index in [1.54, 1.807) is 33.5 Å². The van der Waals surface area contributed by atoms with Crippen LogP contribution in [-0.2, 0) is 16.0 Å². The average Bonchev–Trinajstić information content (AvgIpc) is 2.74. The third-order valence-corrected chi connectivity index (χ3v) is 4.66. The molecule has 28 heavy (non-hydrogen) atoms. The van der Waals surface area contributed by atoms with Crippen molar-refractivity contribution in [1.29, 1.82) is 0 Å². The summed E-state index contributed by atoms with van der Waals surface area (Å²) < 4.78 is 21.5. The number of nitrogens with one attached hydrogen (secondary N) is 1. The van der Waals surface area contributed by atoms with Gasteiger partial charge in [-0.3, -0.25) is 4.79 Å². The fraction of sp³-hybridized carbons (Fsp3) is 0.381. The third-order valence-electron chi connectivity index (χ3n) is 4.66. The molecule has 0 spiro atoms. The third kappa shape index (κ3) is 4.48. The van der Waals surface area contributed by atoms with E-state index in [0.717, 1.165) is 43.2 Å². The second-order valence-electron chi connectivity index (χ2n) is 6.36. The summed E-state index contributed by atoms with van der Waals surface area (Å²) in [5.41, 5.74) is 2.60. The highest BCUT2D eigenvalue weighted by Crippen LogP contribution is 2.40. The molecule has 0 radical (unpaired) electrons. The molecule has 1 aliphatic heterocycles. The molecule has 0 saturated carbocycles. The van der Waals surface area contributed by atoms with Crippen molar-refractivity contribution in [2.24, 2.45) is 0 Å². The Hall–Kier alpha value is -2.93. The van der Waals surface area contributed by atoms with E-state index in [1.165, 1.54) is 0 Å². The molecule has 1 amide bonds. The summed E-state index contributed by atoms with van der Waals surface area (Å²) >= 11 is 0. The first-order valence-electron chi connectivity index (χ1n) is 9.16. The lowest BCUT2D eigenvalue weighted by molar-refractivity contribution is -0.115. The van der Waals surface area contributed by atoms with Gasteiger partial charge < -0.3 is 29.2 Å². The minimum Gasteiger partial charge on any atom is -0.493 e. The zero-order valence-electron chi connectivity index (χ0n) is 16.5. The van der Waals surface area contributed by atoms with Crippen LogP contribution < -0.4 is 24.4 Å². The van der Waals surface area contributed by atoms with E-state index in [9.17, 15) is 4.79 Å². The second kappa shape index (κ2) is 9.32. The zero-order valence-corrected chi connectivity index (χ0v) is 16.5. The molecule has 1 aliphatic rings. The van der Waals surface area contributed by atoms with Gasteiger partial charge in [-0.05, 0) is 30.3 Å². The standard InChI is InChI=1S/C21H26N2O5/c1-25-18-9-4-15(20(26-2)21(18)27-3)14-19(24)22-16-5-7-17(8-6-16)23-10-12-28-13-11-23/h4-9H,10-14H2,1-3H3,(H,22,24). The van der Waals surface area contributed by atoms with Gasteiger partial charge in [-0.1, -0.05) is 6.07 Å². The van der Waals surface area contributed by atoms with Gasteiger partial charge in [0.05, 0.1) is 41.0 Å². The van der Waals surface area contributed by atoms with E-state index in [0.29, 0.717) is 17.2 Å². The van der Waals surface area contributed by atoms with E-state index < -0.39 is 0 Å². The van der Waals surface area contributed by atoms with Crippen LogP contribution in [0.1, 0.15) is 5.56 Å². The summed E-state index contributed by atoms with van der Waals surface area (Å²) in [7, 11) is 4.65. The van der Waals surface area contributed by atoms with Crippen molar-refractivity contribution in [1.82, 2.24) is 0 Å². The van der Waals surface area contributed by atoms with Gasteiger partial charge in [0.1, 0.15) is 0 Å². The number of hydrogen-bond acceptors (Lipinski definition) is 6. The summed E-state index contributed by atoms with van der Waals surface area (Å²) in [5.74, 6) is 1.40. The molecule has 3 rings (SSSR count). The molecule has 0 aliphatic carbocycles. The molecular formula is C21H26N2O5. The lowest BCUT2D eigenvalue weighted by atomic mass is 10.1. The van der Waals surface area contributed by atoms with Crippen molar-refractivity contribution in [2.75, 3.05) is 57.8 Å². The van der Waals surface area contributed by atoms with Crippen LogP contribution >= 0.6 is 0 Å². The van der Waals surface area contributed by atoms with Crippen LogP contribution in [0.4, 0.5) is 11.4 Å². The van der Waals surface area contributed by atoms with Gasteiger partial charge in [0.25, 0.3) is 0 Å². The van der Waals surface area contributed by atoms with Crippen LogP contribution in [0.25, 0.3) is 0 Å². The fourth-order valence-electron chi connectivity index (χ4n) is 3.26. The number of benzene rings is 2. The Kier molecular flexibility index (Phi) is 6.60. The van der Waals surface area contributed by atoms with Gasteiger partial charge >= 0.3 is 0 Å². The topological polar surface area (TPSA) is 69.3 Å². The van der Waals surface area contributed by atoms with Crippen molar-refractivity contribution >= 4 is 17.3 Å². The minimum atomic E-state index is -0.135. The number of amides is 1. The summed E-state index contributed by atoms with van der Waals surface area (Å²) in [6.45, 7) is 3.24. The Bertz CT molecular complexity index is 801. The number of rotatable bonds is 7. The quantitative estimate of drug-likeness (QED) is 0.789. The maximum atomic E-state index is 12.5. The number of hydrogen-bond donors (Lipinski definition) is 1. The van der Waals surface area contributed by atoms with Crippen LogP contribution in [0.5, 0.6) is 17.2 Å². The summed E-state index contributed by atoms with van der Waals surface area (Å²) in [5, 5.41) is 2.93. The number of anilines is 2. The largest absolute Gasteiger partial charge is 0.493 e. The Labute approximate surface area is 165 Å². The number of morpholine rings is 1. The smallest absolute Gasteiger partial charge is 0.228 e. The first kappa shape index (κ1) is 19.8. The summed E-state index contributed by atoms with van der Waals surface area (Å²) in [6.07, 6.45) is 0.161. The summed E-state index contributed by atoms with van der Waals surface area (Å²) in [6, 6.07) is 11.4. The first-order valence-corrected chi connectivity index (χ1v) is 9.16. The predicted molar refractivity (Wildman–Crippen MR) is 108 cm³/mol. The monoisotopic (exact) mass is 386 g/mol. The molecule has 7 heteroatoms.